The van der Waals surface area contributed by atoms with Gasteiger partial charge in [0.25, 0.3) is 0 Å². The summed E-state index contributed by atoms with van der Waals surface area (Å²) in [6, 6.07) is 0.592. The second-order valence-electron chi connectivity index (χ2n) is 5.47. The predicted octanol–water partition coefficient (Wildman–Crippen LogP) is -0.128. The van der Waals surface area contributed by atoms with E-state index in [1.165, 1.54) is 0 Å². The highest BCUT2D eigenvalue weighted by atomic mass is 32.2. The van der Waals surface area contributed by atoms with E-state index in [0.717, 1.165) is 26.0 Å². The number of hydrogen-bond donors (Lipinski definition) is 1. The van der Waals surface area contributed by atoms with Crippen LogP contribution >= 0.6 is 0 Å². The monoisotopic (exact) mass is 276 g/mol. The number of ether oxygens (including phenoxy) is 1. The average Bonchev–Trinajstić information content (AvgIpc) is 2.71. The minimum atomic E-state index is -2.82. The molecular weight excluding hydrogens is 252 g/mol. The van der Waals surface area contributed by atoms with E-state index >= 15 is 0 Å². The molecule has 0 aliphatic carbocycles. The van der Waals surface area contributed by atoms with Crippen molar-refractivity contribution in [3.8, 4) is 0 Å². The third kappa shape index (κ3) is 3.66. The minimum absolute atomic E-state index is 0.115. The first-order valence-corrected chi connectivity index (χ1v) is 8.56. The molecule has 2 rings (SSSR count). The second-order valence-corrected chi connectivity index (χ2v) is 7.70. The summed E-state index contributed by atoms with van der Waals surface area (Å²) in [6.07, 6.45) is 2.26. The standard InChI is InChI=1S/C12H24N2O3S/c1-10-12(4-7-17-10)14(2)6-3-11-9-18(15,16)8-5-13-11/h10-13H,3-9H2,1-2H3. The van der Waals surface area contributed by atoms with Gasteiger partial charge in [-0.2, -0.15) is 0 Å². The summed E-state index contributed by atoms with van der Waals surface area (Å²) in [5.74, 6) is 0.574. The highest BCUT2D eigenvalue weighted by Crippen LogP contribution is 2.18. The molecule has 0 radical (unpaired) electrons. The molecule has 1 N–H and O–H groups in total. The topological polar surface area (TPSA) is 58.6 Å². The molecule has 3 atom stereocenters. The first-order chi connectivity index (χ1) is 8.48. The number of likely N-dealkylation sites (N-methyl/N-ethyl adjacent to an activating group) is 1. The zero-order chi connectivity index (χ0) is 13.2. The molecule has 0 saturated carbocycles. The number of nitrogens with one attached hydrogen (secondary N) is 1. The number of nitrogens with zero attached hydrogens (tertiary/aromatic N) is 1. The molecule has 106 valence electrons. The van der Waals surface area contributed by atoms with Crippen LogP contribution in [0.4, 0.5) is 0 Å². The van der Waals surface area contributed by atoms with Crippen LogP contribution in [-0.4, -0.2) is 69.8 Å². The molecule has 2 heterocycles. The molecule has 2 aliphatic rings. The van der Waals surface area contributed by atoms with E-state index in [1.54, 1.807) is 0 Å². The maximum atomic E-state index is 11.5. The highest BCUT2D eigenvalue weighted by molar-refractivity contribution is 7.91. The molecular formula is C12H24N2O3S. The molecule has 0 spiro atoms. The Morgan fingerprint density at radius 3 is 2.83 bits per heavy atom. The SMILES string of the molecule is CC1OCCC1N(C)CCC1CS(=O)(=O)CCN1. The van der Waals surface area contributed by atoms with E-state index in [2.05, 4.69) is 24.2 Å². The lowest BCUT2D eigenvalue weighted by Crippen LogP contribution is -2.47. The second kappa shape index (κ2) is 5.86. The maximum Gasteiger partial charge on any atom is 0.153 e. The zero-order valence-electron chi connectivity index (χ0n) is 11.3. The lowest BCUT2D eigenvalue weighted by molar-refractivity contribution is 0.0825. The molecule has 18 heavy (non-hydrogen) atoms. The quantitative estimate of drug-likeness (QED) is 0.775. The predicted molar refractivity (Wildman–Crippen MR) is 71.5 cm³/mol. The molecule has 2 aliphatic heterocycles. The van der Waals surface area contributed by atoms with Crippen molar-refractivity contribution in [2.24, 2.45) is 0 Å². The van der Waals surface area contributed by atoms with Crippen molar-refractivity contribution in [2.45, 2.75) is 38.0 Å². The van der Waals surface area contributed by atoms with Crippen molar-refractivity contribution < 1.29 is 13.2 Å². The van der Waals surface area contributed by atoms with Crippen molar-refractivity contribution in [3.05, 3.63) is 0 Å². The van der Waals surface area contributed by atoms with Crippen LogP contribution < -0.4 is 5.32 Å². The van der Waals surface area contributed by atoms with Crippen LogP contribution in [-0.2, 0) is 14.6 Å². The maximum absolute atomic E-state index is 11.5. The Balaban J connectivity index is 1.77. The van der Waals surface area contributed by atoms with E-state index in [9.17, 15) is 8.42 Å². The van der Waals surface area contributed by atoms with E-state index in [1.807, 2.05) is 0 Å². The summed E-state index contributed by atoms with van der Waals surface area (Å²) in [5, 5.41) is 3.29. The van der Waals surface area contributed by atoms with Crippen LogP contribution in [0.25, 0.3) is 0 Å². The van der Waals surface area contributed by atoms with E-state index in [0.29, 0.717) is 12.6 Å². The van der Waals surface area contributed by atoms with Gasteiger partial charge in [-0.25, -0.2) is 8.42 Å². The lowest BCUT2D eigenvalue weighted by atomic mass is 10.1. The Morgan fingerprint density at radius 2 is 2.22 bits per heavy atom. The zero-order valence-corrected chi connectivity index (χ0v) is 12.1. The molecule has 0 aromatic carbocycles. The molecule has 2 fully saturated rings. The largest absolute Gasteiger partial charge is 0.377 e. The first kappa shape index (κ1) is 14.2. The highest BCUT2D eigenvalue weighted by Gasteiger charge is 2.29. The van der Waals surface area contributed by atoms with Crippen molar-refractivity contribution in [1.82, 2.24) is 10.2 Å². The van der Waals surface area contributed by atoms with Gasteiger partial charge in [0.05, 0.1) is 17.6 Å². The Bertz CT molecular complexity index is 372. The summed E-state index contributed by atoms with van der Waals surface area (Å²) in [6.45, 7) is 4.47. The summed E-state index contributed by atoms with van der Waals surface area (Å²) in [7, 11) is -0.711. The van der Waals surface area contributed by atoms with Gasteiger partial charge in [-0.05, 0) is 33.4 Å². The molecule has 6 heteroatoms. The third-order valence-electron chi connectivity index (χ3n) is 4.03. The summed E-state index contributed by atoms with van der Waals surface area (Å²) in [5.41, 5.74) is 0. The fourth-order valence-electron chi connectivity index (χ4n) is 2.88. The molecule has 2 saturated heterocycles. The number of rotatable bonds is 4. The van der Waals surface area contributed by atoms with Crippen molar-refractivity contribution >= 4 is 9.84 Å². The van der Waals surface area contributed by atoms with Gasteiger partial charge in [0.2, 0.25) is 0 Å². The average molecular weight is 276 g/mol. The Labute approximate surface area is 110 Å². The van der Waals surface area contributed by atoms with Crippen LogP contribution in [0.5, 0.6) is 0 Å². The van der Waals surface area contributed by atoms with E-state index in [-0.39, 0.29) is 23.7 Å². The summed E-state index contributed by atoms with van der Waals surface area (Å²) >= 11 is 0. The summed E-state index contributed by atoms with van der Waals surface area (Å²) < 4.78 is 28.6. The van der Waals surface area contributed by atoms with Gasteiger partial charge in [-0.15, -0.1) is 0 Å². The van der Waals surface area contributed by atoms with Gasteiger partial charge in [0.15, 0.2) is 9.84 Å². The van der Waals surface area contributed by atoms with Crippen molar-refractivity contribution in [2.75, 3.05) is 38.2 Å². The van der Waals surface area contributed by atoms with Crippen LogP contribution in [0.1, 0.15) is 19.8 Å². The van der Waals surface area contributed by atoms with Crippen LogP contribution in [0, 0.1) is 0 Å². The van der Waals surface area contributed by atoms with Gasteiger partial charge >= 0.3 is 0 Å². The Hall–Kier alpha value is -0.170. The smallest absolute Gasteiger partial charge is 0.153 e. The molecule has 0 aromatic heterocycles. The molecule has 0 amide bonds. The minimum Gasteiger partial charge on any atom is -0.377 e. The van der Waals surface area contributed by atoms with Crippen molar-refractivity contribution in [3.63, 3.8) is 0 Å². The van der Waals surface area contributed by atoms with Gasteiger partial charge in [-0.1, -0.05) is 0 Å². The van der Waals surface area contributed by atoms with Crippen LogP contribution in [0.15, 0.2) is 0 Å². The van der Waals surface area contributed by atoms with Gasteiger partial charge in [0, 0.05) is 25.2 Å². The van der Waals surface area contributed by atoms with Crippen LogP contribution in [0.3, 0.4) is 0 Å². The van der Waals surface area contributed by atoms with Crippen molar-refractivity contribution in [1.29, 1.82) is 0 Å². The first-order valence-electron chi connectivity index (χ1n) is 6.73. The Morgan fingerprint density at radius 1 is 1.44 bits per heavy atom. The van der Waals surface area contributed by atoms with Gasteiger partial charge < -0.3 is 15.0 Å². The molecule has 0 aromatic rings. The fourth-order valence-corrected chi connectivity index (χ4v) is 4.37. The Kier molecular flexibility index (Phi) is 4.64. The number of hydrogen-bond acceptors (Lipinski definition) is 5. The van der Waals surface area contributed by atoms with E-state index < -0.39 is 9.84 Å². The van der Waals surface area contributed by atoms with E-state index in [4.69, 9.17) is 4.74 Å². The van der Waals surface area contributed by atoms with Crippen LogP contribution in [0.2, 0.25) is 0 Å². The summed E-state index contributed by atoms with van der Waals surface area (Å²) in [4.78, 5) is 2.31. The van der Waals surface area contributed by atoms with Gasteiger partial charge in [0.1, 0.15) is 0 Å². The number of sulfone groups is 1. The molecule has 5 nitrogen and oxygen atoms in total. The molecule has 3 unspecified atom stereocenters. The lowest BCUT2D eigenvalue weighted by Gasteiger charge is -2.30. The fraction of sp³-hybridized carbons (Fsp3) is 1.00. The third-order valence-corrected chi connectivity index (χ3v) is 5.77. The normalized spacial score (nSPS) is 36.1. The molecule has 0 bridgehead atoms. The van der Waals surface area contributed by atoms with Gasteiger partial charge in [-0.3, -0.25) is 0 Å².